The molecular weight excluding hydrogens is 424 g/mol. The van der Waals surface area contributed by atoms with Crippen molar-refractivity contribution in [3.05, 3.63) is 42.2 Å². The number of fused-ring (bicyclic) bond motifs is 1. The molecule has 7 nitrogen and oxygen atoms in total. The highest BCUT2D eigenvalue weighted by atomic mass is 16.5. The number of morpholine rings is 1. The molecule has 5 rings (SSSR count). The maximum Gasteiger partial charge on any atom is 0.224 e. The van der Waals surface area contributed by atoms with E-state index in [4.69, 9.17) is 15.5 Å². The van der Waals surface area contributed by atoms with E-state index < -0.39 is 0 Å². The second-order valence-corrected chi connectivity index (χ2v) is 9.43. The molecule has 0 radical (unpaired) electrons. The lowest BCUT2D eigenvalue weighted by molar-refractivity contribution is 0.122. The lowest BCUT2D eigenvalue weighted by atomic mass is 9.92. The molecule has 0 spiro atoms. The van der Waals surface area contributed by atoms with Crippen LogP contribution >= 0.6 is 0 Å². The summed E-state index contributed by atoms with van der Waals surface area (Å²) in [6.07, 6.45) is 12.9. The van der Waals surface area contributed by atoms with Crippen LogP contribution in [0.5, 0.6) is 0 Å². The standard InChI is InChI=1S/C27H36N6O/c1-2-3-12-29-27-30-17-24-25(21-6-10-23(11-7-21)32-13-15-34-16-14-32)19-33(26(24)31-27)18-20-4-8-22(28)9-5-20/h6-7,10-11,17-19,22H,2-5,8-9,12-16,28H2,1H3,(H,29,30,31). The third-order valence-corrected chi connectivity index (χ3v) is 6.93. The van der Waals surface area contributed by atoms with E-state index in [0.717, 1.165) is 88.0 Å². The van der Waals surface area contributed by atoms with Crippen LogP contribution in [0.25, 0.3) is 28.4 Å². The first-order valence-corrected chi connectivity index (χ1v) is 12.7. The minimum absolute atomic E-state index is 0.329. The Bertz CT molecular complexity index is 1120. The third-order valence-electron chi connectivity index (χ3n) is 6.93. The van der Waals surface area contributed by atoms with Gasteiger partial charge in [-0.1, -0.05) is 31.1 Å². The van der Waals surface area contributed by atoms with Crippen LogP contribution in [0.1, 0.15) is 45.4 Å². The number of hydrogen-bond donors (Lipinski definition) is 2. The van der Waals surface area contributed by atoms with Gasteiger partial charge >= 0.3 is 0 Å². The normalized spacial score (nSPS) is 18.9. The summed E-state index contributed by atoms with van der Waals surface area (Å²) in [5, 5.41) is 4.45. The zero-order valence-electron chi connectivity index (χ0n) is 20.2. The van der Waals surface area contributed by atoms with Gasteiger partial charge in [0.05, 0.1) is 13.2 Å². The van der Waals surface area contributed by atoms with Crippen LogP contribution in [0, 0.1) is 0 Å². The van der Waals surface area contributed by atoms with Crippen molar-refractivity contribution in [1.82, 2.24) is 14.5 Å². The smallest absolute Gasteiger partial charge is 0.224 e. The predicted octanol–water partition coefficient (Wildman–Crippen LogP) is 4.89. The van der Waals surface area contributed by atoms with E-state index in [1.807, 2.05) is 6.20 Å². The Morgan fingerprint density at radius 2 is 1.91 bits per heavy atom. The Morgan fingerprint density at radius 3 is 2.65 bits per heavy atom. The van der Waals surface area contributed by atoms with E-state index in [0.29, 0.717) is 12.0 Å². The number of hydrogen-bond acceptors (Lipinski definition) is 6. The first-order valence-electron chi connectivity index (χ1n) is 12.7. The SMILES string of the molecule is CCCCNc1ncc2c(-c3ccc(N4CCOCC4)cc3)cn(C=C3CCC(N)CC3)c2n1. The van der Waals surface area contributed by atoms with Gasteiger partial charge in [0.25, 0.3) is 0 Å². The van der Waals surface area contributed by atoms with Gasteiger partial charge in [-0.05, 0) is 49.8 Å². The summed E-state index contributed by atoms with van der Waals surface area (Å²) in [7, 11) is 0. The minimum atomic E-state index is 0.329. The molecule has 1 saturated heterocycles. The third kappa shape index (κ3) is 5.10. The molecule has 34 heavy (non-hydrogen) atoms. The molecule has 7 heteroatoms. The van der Waals surface area contributed by atoms with Crippen molar-refractivity contribution < 1.29 is 4.74 Å². The van der Waals surface area contributed by atoms with Crippen LogP contribution in [0.15, 0.2) is 42.2 Å². The second-order valence-electron chi connectivity index (χ2n) is 9.43. The predicted molar refractivity (Wildman–Crippen MR) is 140 cm³/mol. The fourth-order valence-electron chi connectivity index (χ4n) is 4.83. The van der Waals surface area contributed by atoms with Gasteiger partial charge in [-0.25, -0.2) is 4.98 Å². The number of aromatic nitrogens is 3. The lowest BCUT2D eigenvalue weighted by Crippen LogP contribution is -2.36. The average Bonchev–Trinajstić information content (AvgIpc) is 3.24. The van der Waals surface area contributed by atoms with Crippen LogP contribution in [0.2, 0.25) is 0 Å². The lowest BCUT2D eigenvalue weighted by Gasteiger charge is -2.28. The zero-order valence-corrected chi connectivity index (χ0v) is 20.2. The molecule has 3 N–H and O–H groups in total. The van der Waals surface area contributed by atoms with Gasteiger partial charge in [0, 0.05) is 60.9 Å². The van der Waals surface area contributed by atoms with E-state index in [2.05, 4.69) is 63.4 Å². The van der Waals surface area contributed by atoms with Crippen LogP contribution in [-0.4, -0.2) is 53.4 Å². The van der Waals surface area contributed by atoms with E-state index >= 15 is 0 Å². The molecule has 3 aromatic rings. The summed E-state index contributed by atoms with van der Waals surface area (Å²) < 4.78 is 7.69. The highest BCUT2D eigenvalue weighted by molar-refractivity contribution is 5.95. The monoisotopic (exact) mass is 460 g/mol. The molecule has 180 valence electrons. The molecular formula is C27H36N6O. The Labute approximate surface area is 202 Å². The summed E-state index contributed by atoms with van der Waals surface area (Å²) >= 11 is 0. The second kappa shape index (κ2) is 10.6. The number of rotatable bonds is 7. The molecule has 0 unspecified atom stereocenters. The van der Waals surface area contributed by atoms with Crippen molar-refractivity contribution in [2.45, 2.75) is 51.5 Å². The van der Waals surface area contributed by atoms with Gasteiger partial charge in [-0.3, -0.25) is 0 Å². The molecule has 1 aliphatic heterocycles. The fraction of sp³-hybridized carbons (Fsp3) is 0.481. The first kappa shape index (κ1) is 22.9. The fourth-order valence-corrected chi connectivity index (χ4v) is 4.83. The van der Waals surface area contributed by atoms with Crippen LogP contribution in [0.4, 0.5) is 11.6 Å². The molecule has 0 amide bonds. The summed E-state index contributed by atoms with van der Waals surface area (Å²) in [4.78, 5) is 11.9. The number of anilines is 2. The molecule has 1 aromatic carbocycles. The van der Waals surface area contributed by atoms with Crippen molar-refractivity contribution in [1.29, 1.82) is 0 Å². The number of nitrogens with one attached hydrogen (secondary N) is 1. The van der Waals surface area contributed by atoms with Crippen LogP contribution < -0.4 is 16.0 Å². The highest BCUT2D eigenvalue weighted by Gasteiger charge is 2.17. The van der Waals surface area contributed by atoms with Gasteiger partial charge in [0.1, 0.15) is 5.65 Å². The molecule has 2 fully saturated rings. The Balaban J connectivity index is 1.49. The van der Waals surface area contributed by atoms with Gasteiger partial charge in [0.15, 0.2) is 0 Å². The van der Waals surface area contributed by atoms with Crippen molar-refractivity contribution in [3.63, 3.8) is 0 Å². The maximum absolute atomic E-state index is 6.13. The van der Waals surface area contributed by atoms with Crippen molar-refractivity contribution >= 4 is 28.9 Å². The van der Waals surface area contributed by atoms with E-state index in [1.54, 1.807) is 0 Å². The van der Waals surface area contributed by atoms with Crippen LogP contribution in [-0.2, 0) is 4.74 Å². The molecule has 1 saturated carbocycles. The summed E-state index contributed by atoms with van der Waals surface area (Å²) in [5.74, 6) is 0.693. The Kier molecular flexibility index (Phi) is 7.11. The number of allylic oxidation sites excluding steroid dienone is 1. The zero-order chi connectivity index (χ0) is 23.3. The van der Waals surface area contributed by atoms with Gasteiger partial charge in [-0.2, -0.15) is 4.98 Å². The molecule has 2 aromatic heterocycles. The van der Waals surface area contributed by atoms with Crippen molar-refractivity contribution in [2.24, 2.45) is 5.73 Å². The average molecular weight is 461 g/mol. The van der Waals surface area contributed by atoms with Crippen LogP contribution in [0.3, 0.4) is 0 Å². The minimum Gasteiger partial charge on any atom is -0.378 e. The Hall–Kier alpha value is -2.90. The first-order chi connectivity index (χ1) is 16.7. The number of benzene rings is 1. The quantitative estimate of drug-likeness (QED) is 0.489. The Morgan fingerprint density at radius 1 is 1.15 bits per heavy atom. The molecule has 2 aliphatic rings. The van der Waals surface area contributed by atoms with E-state index in [9.17, 15) is 0 Å². The number of ether oxygens (including phenoxy) is 1. The number of nitrogens with two attached hydrogens (primary N) is 1. The summed E-state index contributed by atoms with van der Waals surface area (Å²) in [6, 6.07) is 9.18. The van der Waals surface area contributed by atoms with Gasteiger partial charge in [-0.15, -0.1) is 0 Å². The molecule has 0 bridgehead atoms. The maximum atomic E-state index is 6.13. The number of unbranched alkanes of at least 4 members (excludes halogenated alkanes) is 1. The largest absolute Gasteiger partial charge is 0.378 e. The molecule has 1 aliphatic carbocycles. The topological polar surface area (TPSA) is 81.2 Å². The summed E-state index contributed by atoms with van der Waals surface area (Å²) in [5.41, 5.74) is 12.1. The van der Waals surface area contributed by atoms with Crippen molar-refractivity contribution in [2.75, 3.05) is 43.1 Å². The van der Waals surface area contributed by atoms with Crippen molar-refractivity contribution in [3.8, 4) is 11.1 Å². The molecule has 3 heterocycles. The van der Waals surface area contributed by atoms with Gasteiger partial charge in [0.2, 0.25) is 5.95 Å². The summed E-state index contributed by atoms with van der Waals surface area (Å²) in [6.45, 7) is 6.55. The molecule has 0 atom stereocenters. The highest BCUT2D eigenvalue weighted by Crippen LogP contribution is 2.33. The van der Waals surface area contributed by atoms with E-state index in [1.165, 1.54) is 16.8 Å². The van der Waals surface area contributed by atoms with E-state index in [-0.39, 0.29) is 0 Å². The van der Waals surface area contributed by atoms with Gasteiger partial charge < -0.3 is 25.3 Å². The number of nitrogens with zero attached hydrogens (tertiary/aromatic N) is 4.